The van der Waals surface area contributed by atoms with E-state index in [4.69, 9.17) is 4.74 Å². The van der Waals surface area contributed by atoms with E-state index in [1.165, 1.54) is 25.7 Å². The summed E-state index contributed by atoms with van der Waals surface area (Å²) < 4.78 is 5.40. The van der Waals surface area contributed by atoms with Gasteiger partial charge in [-0.3, -0.25) is 0 Å². The molecule has 2 atom stereocenters. The van der Waals surface area contributed by atoms with Crippen LogP contribution in [0.25, 0.3) is 0 Å². The molecule has 9 heavy (non-hydrogen) atoms. The van der Waals surface area contributed by atoms with Crippen LogP contribution in [0.1, 0.15) is 25.7 Å². The summed E-state index contributed by atoms with van der Waals surface area (Å²) in [5.41, 5.74) is 0. The van der Waals surface area contributed by atoms with Gasteiger partial charge in [-0.1, -0.05) is 12.2 Å². The van der Waals surface area contributed by atoms with Gasteiger partial charge in [-0.15, -0.1) is 0 Å². The molecule has 0 radical (unpaired) electrons. The Labute approximate surface area is 55.7 Å². The molecule has 0 spiro atoms. The minimum atomic E-state index is 0.634. The molecule has 1 nitrogen and oxygen atoms in total. The molecule has 1 saturated heterocycles. The van der Waals surface area contributed by atoms with Crippen LogP contribution in [-0.4, -0.2) is 12.2 Å². The van der Waals surface area contributed by atoms with E-state index >= 15 is 0 Å². The lowest BCUT2D eigenvalue weighted by molar-refractivity contribution is 0.359. The molecule has 1 fully saturated rings. The Morgan fingerprint density at radius 2 is 1.56 bits per heavy atom. The summed E-state index contributed by atoms with van der Waals surface area (Å²) in [5.74, 6) is 0. The van der Waals surface area contributed by atoms with E-state index in [2.05, 4.69) is 12.2 Å². The standard InChI is InChI=1S/C8H12O/c1-2-4-6-8-7(9-8)5-3-1/h1-2,7-8H,3-6H2/b2-1-/t7-,8-/m1/s1. The number of fused-ring (bicyclic) bond motifs is 1. The van der Waals surface area contributed by atoms with Gasteiger partial charge in [0.2, 0.25) is 0 Å². The normalized spacial score (nSPS) is 44.4. The molecule has 1 aliphatic heterocycles. The highest BCUT2D eigenvalue weighted by atomic mass is 16.6. The van der Waals surface area contributed by atoms with Crippen molar-refractivity contribution in [2.75, 3.05) is 0 Å². The summed E-state index contributed by atoms with van der Waals surface area (Å²) in [5, 5.41) is 0. The maximum atomic E-state index is 5.40. The maximum Gasteiger partial charge on any atom is 0.0845 e. The summed E-state index contributed by atoms with van der Waals surface area (Å²) in [6, 6.07) is 0. The monoisotopic (exact) mass is 124 g/mol. The average molecular weight is 124 g/mol. The van der Waals surface area contributed by atoms with Gasteiger partial charge in [0.15, 0.2) is 0 Å². The molecule has 0 N–H and O–H groups in total. The zero-order valence-corrected chi connectivity index (χ0v) is 5.55. The second-order valence-corrected chi connectivity index (χ2v) is 2.84. The van der Waals surface area contributed by atoms with Crippen molar-refractivity contribution in [2.45, 2.75) is 37.9 Å². The third kappa shape index (κ3) is 1.16. The van der Waals surface area contributed by atoms with Crippen molar-refractivity contribution in [3.05, 3.63) is 12.2 Å². The molecule has 50 valence electrons. The summed E-state index contributed by atoms with van der Waals surface area (Å²) in [6.07, 6.45) is 10.8. The van der Waals surface area contributed by atoms with Crippen molar-refractivity contribution in [2.24, 2.45) is 0 Å². The van der Waals surface area contributed by atoms with Crippen molar-refractivity contribution >= 4 is 0 Å². The third-order valence-corrected chi connectivity index (χ3v) is 2.09. The van der Waals surface area contributed by atoms with Crippen molar-refractivity contribution in [1.29, 1.82) is 0 Å². The van der Waals surface area contributed by atoms with Gasteiger partial charge in [0.25, 0.3) is 0 Å². The molecule has 0 aromatic rings. The van der Waals surface area contributed by atoms with Crippen LogP contribution in [0.4, 0.5) is 0 Å². The van der Waals surface area contributed by atoms with Crippen LogP contribution in [0.15, 0.2) is 12.2 Å². The molecule has 0 bridgehead atoms. The Morgan fingerprint density at radius 3 is 2.11 bits per heavy atom. The first-order valence-electron chi connectivity index (χ1n) is 3.77. The molecular formula is C8H12O. The fourth-order valence-electron chi connectivity index (χ4n) is 1.44. The van der Waals surface area contributed by atoms with Crippen molar-refractivity contribution in [1.82, 2.24) is 0 Å². The fraction of sp³-hybridized carbons (Fsp3) is 0.750. The van der Waals surface area contributed by atoms with E-state index in [1.807, 2.05) is 0 Å². The smallest absolute Gasteiger partial charge is 0.0845 e. The van der Waals surface area contributed by atoms with Crippen LogP contribution in [0, 0.1) is 0 Å². The minimum Gasteiger partial charge on any atom is -0.370 e. The SMILES string of the molecule is C1=C\CC[C@H]2O[C@@H]2CC/1. The first-order valence-corrected chi connectivity index (χ1v) is 3.77. The first-order chi connectivity index (χ1) is 4.47. The van der Waals surface area contributed by atoms with Gasteiger partial charge in [-0.05, 0) is 25.7 Å². The van der Waals surface area contributed by atoms with Gasteiger partial charge in [0, 0.05) is 0 Å². The van der Waals surface area contributed by atoms with Crippen LogP contribution in [0.5, 0.6) is 0 Å². The predicted octanol–water partition coefficient (Wildman–Crippen LogP) is 1.88. The van der Waals surface area contributed by atoms with Crippen molar-refractivity contribution < 1.29 is 4.74 Å². The molecule has 0 aromatic heterocycles. The highest BCUT2D eigenvalue weighted by Crippen LogP contribution is 2.31. The van der Waals surface area contributed by atoms with Crippen LogP contribution in [-0.2, 0) is 4.74 Å². The summed E-state index contributed by atoms with van der Waals surface area (Å²) in [7, 11) is 0. The summed E-state index contributed by atoms with van der Waals surface area (Å²) in [6.45, 7) is 0. The topological polar surface area (TPSA) is 12.5 Å². The van der Waals surface area contributed by atoms with E-state index in [-0.39, 0.29) is 0 Å². The van der Waals surface area contributed by atoms with Crippen LogP contribution >= 0.6 is 0 Å². The molecular weight excluding hydrogens is 112 g/mol. The summed E-state index contributed by atoms with van der Waals surface area (Å²) >= 11 is 0. The number of allylic oxidation sites excluding steroid dienone is 2. The fourth-order valence-corrected chi connectivity index (χ4v) is 1.44. The van der Waals surface area contributed by atoms with E-state index in [9.17, 15) is 0 Å². The highest BCUT2D eigenvalue weighted by molar-refractivity contribution is 4.94. The molecule has 0 amide bonds. The lowest BCUT2D eigenvalue weighted by Crippen LogP contribution is -1.94. The van der Waals surface area contributed by atoms with Crippen molar-refractivity contribution in [3.8, 4) is 0 Å². The highest BCUT2D eigenvalue weighted by Gasteiger charge is 2.37. The molecule has 1 aliphatic carbocycles. The van der Waals surface area contributed by atoms with E-state index < -0.39 is 0 Å². The van der Waals surface area contributed by atoms with Gasteiger partial charge in [-0.25, -0.2) is 0 Å². The molecule has 0 aromatic carbocycles. The van der Waals surface area contributed by atoms with E-state index in [0.717, 1.165) is 0 Å². The Morgan fingerprint density at radius 1 is 1.00 bits per heavy atom. The number of epoxide rings is 1. The summed E-state index contributed by atoms with van der Waals surface area (Å²) in [4.78, 5) is 0. The Kier molecular flexibility index (Phi) is 1.31. The van der Waals surface area contributed by atoms with Gasteiger partial charge < -0.3 is 4.74 Å². The molecule has 2 rings (SSSR count). The largest absolute Gasteiger partial charge is 0.370 e. The average Bonchev–Trinajstić information content (AvgIpc) is 2.46. The lowest BCUT2D eigenvalue weighted by atomic mass is 10.1. The van der Waals surface area contributed by atoms with Crippen LogP contribution in [0.2, 0.25) is 0 Å². The molecule has 1 heteroatoms. The maximum absolute atomic E-state index is 5.40. The van der Waals surface area contributed by atoms with Gasteiger partial charge in [0.05, 0.1) is 12.2 Å². The second-order valence-electron chi connectivity index (χ2n) is 2.84. The van der Waals surface area contributed by atoms with Gasteiger partial charge in [-0.2, -0.15) is 0 Å². The first kappa shape index (κ1) is 5.48. The number of hydrogen-bond donors (Lipinski definition) is 0. The zero-order valence-electron chi connectivity index (χ0n) is 5.55. The Bertz CT molecular complexity index is 115. The van der Waals surface area contributed by atoms with Gasteiger partial charge in [0.1, 0.15) is 0 Å². The third-order valence-electron chi connectivity index (χ3n) is 2.09. The Hall–Kier alpha value is -0.300. The molecule has 2 aliphatic rings. The number of hydrogen-bond acceptors (Lipinski definition) is 1. The van der Waals surface area contributed by atoms with Crippen LogP contribution < -0.4 is 0 Å². The molecule has 0 unspecified atom stereocenters. The van der Waals surface area contributed by atoms with Gasteiger partial charge >= 0.3 is 0 Å². The van der Waals surface area contributed by atoms with Crippen molar-refractivity contribution in [3.63, 3.8) is 0 Å². The quantitative estimate of drug-likeness (QED) is 0.355. The minimum absolute atomic E-state index is 0.634. The predicted molar refractivity (Wildman–Crippen MR) is 36.3 cm³/mol. The molecule has 0 saturated carbocycles. The molecule has 1 heterocycles. The number of ether oxygens (including phenoxy) is 1. The number of rotatable bonds is 0. The van der Waals surface area contributed by atoms with Crippen LogP contribution in [0.3, 0.4) is 0 Å². The zero-order chi connectivity index (χ0) is 6.10. The van der Waals surface area contributed by atoms with E-state index in [0.29, 0.717) is 12.2 Å². The second kappa shape index (κ2) is 2.14. The lowest BCUT2D eigenvalue weighted by Gasteiger charge is -1.95. The Balaban J connectivity index is 1.91. The van der Waals surface area contributed by atoms with E-state index in [1.54, 1.807) is 0 Å².